The molecule has 0 spiro atoms. The molecule has 0 saturated heterocycles. The van der Waals surface area contributed by atoms with Gasteiger partial charge in [0.1, 0.15) is 4.90 Å². The molecular weight excluding hydrogens is 428 g/mol. The van der Waals surface area contributed by atoms with Gasteiger partial charge in [-0.1, -0.05) is 0 Å². The second-order valence-corrected chi connectivity index (χ2v) is 8.29. The van der Waals surface area contributed by atoms with Crippen LogP contribution in [0.3, 0.4) is 0 Å². The van der Waals surface area contributed by atoms with Crippen molar-refractivity contribution < 1.29 is 18.3 Å². The molecule has 6 nitrogen and oxygen atoms in total. The van der Waals surface area contributed by atoms with Crippen molar-refractivity contribution in [3.8, 4) is 0 Å². The van der Waals surface area contributed by atoms with Crippen LogP contribution in [0.25, 0.3) is 0 Å². The summed E-state index contributed by atoms with van der Waals surface area (Å²) in [6.07, 6.45) is 0.316. The Bertz CT molecular complexity index is 582. The van der Waals surface area contributed by atoms with Crippen LogP contribution in [0.2, 0.25) is 0 Å². The molecule has 1 aromatic carbocycles. The molecule has 0 saturated carbocycles. The Kier molecular flexibility index (Phi) is 6.63. The molecule has 1 rings (SSSR count). The van der Waals surface area contributed by atoms with E-state index >= 15 is 0 Å². The summed E-state index contributed by atoms with van der Waals surface area (Å²) in [6, 6.07) is 3.00. The monoisotopic (exact) mass is 444 g/mol. The molecule has 0 radical (unpaired) electrons. The van der Waals surface area contributed by atoms with Crippen LogP contribution in [0, 0.1) is 0 Å². The molecule has 4 N–H and O–H groups in total. The highest BCUT2D eigenvalue weighted by atomic mass is 79.9. The topological polar surface area (TPSA) is 102 Å². The van der Waals surface area contributed by atoms with Gasteiger partial charge in [0.25, 0.3) is 0 Å². The molecule has 0 aromatic heterocycles. The van der Waals surface area contributed by atoms with E-state index in [1.807, 2.05) is 0 Å². The molecule has 21 heavy (non-hydrogen) atoms. The summed E-state index contributed by atoms with van der Waals surface area (Å²) in [5.74, 6) is 0. The molecule has 120 valence electrons. The van der Waals surface area contributed by atoms with Crippen molar-refractivity contribution in [3.05, 3.63) is 21.1 Å². The van der Waals surface area contributed by atoms with E-state index in [4.69, 9.17) is 10.5 Å². The maximum Gasteiger partial charge on any atom is 0.242 e. The lowest BCUT2D eigenvalue weighted by molar-refractivity contribution is 0.0292. The Morgan fingerprint density at radius 1 is 1.38 bits per heavy atom. The minimum atomic E-state index is -3.80. The molecule has 0 aliphatic heterocycles. The number of nitrogens with one attached hydrogen (secondary N) is 1. The van der Waals surface area contributed by atoms with Crippen molar-refractivity contribution in [3.63, 3.8) is 0 Å². The lowest BCUT2D eigenvalue weighted by Crippen LogP contribution is -2.41. The molecule has 9 heteroatoms. The van der Waals surface area contributed by atoms with Gasteiger partial charge in [0, 0.05) is 41.3 Å². The van der Waals surface area contributed by atoms with Crippen LogP contribution < -0.4 is 10.5 Å². The molecular formula is C12H18Br2N2O4S. The number of rotatable bonds is 7. The molecule has 0 heterocycles. The van der Waals surface area contributed by atoms with Crippen LogP contribution >= 0.6 is 31.9 Å². The standard InChI is InChI=1S/C12H18Br2N2O4S/c1-12(17,3-4-20-2)7-16-21(18,19)11-9(13)5-8(15)6-10(11)14/h5-6,16-17H,3-4,7,15H2,1-2H3. The van der Waals surface area contributed by atoms with Crippen LogP contribution in [-0.4, -0.2) is 39.4 Å². The third-order valence-corrected chi connectivity index (χ3v) is 6.05. The average molecular weight is 446 g/mol. The zero-order valence-corrected chi connectivity index (χ0v) is 15.7. The maximum atomic E-state index is 12.4. The molecule has 1 atom stereocenters. The Morgan fingerprint density at radius 2 is 1.90 bits per heavy atom. The molecule has 0 aliphatic carbocycles. The highest BCUT2D eigenvalue weighted by Crippen LogP contribution is 2.32. The highest BCUT2D eigenvalue weighted by molar-refractivity contribution is 9.11. The average Bonchev–Trinajstić information content (AvgIpc) is 2.33. The summed E-state index contributed by atoms with van der Waals surface area (Å²) < 4.78 is 32.7. The number of nitrogens with two attached hydrogens (primary N) is 1. The van der Waals surface area contributed by atoms with Crippen LogP contribution in [0.4, 0.5) is 5.69 Å². The highest BCUT2D eigenvalue weighted by Gasteiger charge is 2.26. The van der Waals surface area contributed by atoms with E-state index < -0.39 is 15.6 Å². The zero-order chi connectivity index (χ0) is 16.3. The van der Waals surface area contributed by atoms with Gasteiger partial charge in [0.15, 0.2) is 0 Å². The van der Waals surface area contributed by atoms with Gasteiger partial charge < -0.3 is 15.6 Å². The summed E-state index contributed by atoms with van der Waals surface area (Å²) >= 11 is 6.37. The quantitative estimate of drug-likeness (QED) is 0.556. The Hall–Kier alpha value is -0.190. The number of methoxy groups -OCH3 is 1. The number of ether oxygens (including phenoxy) is 1. The van der Waals surface area contributed by atoms with Crippen molar-refractivity contribution in [1.29, 1.82) is 0 Å². The fourth-order valence-electron chi connectivity index (χ4n) is 1.57. The summed E-state index contributed by atoms with van der Waals surface area (Å²) in [6.45, 7) is 1.76. The minimum Gasteiger partial charge on any atom is -0.399 e. The van der Waals surface area contributed by atoms with Gasteiger partial charge in [-0.2, -0.15) is 0 Å². The minimum absolute atomic E-state index is 0.0410. The normalized spacial score (nSPS) is 14.9. The SMILES string of the molecule is COCCC(C)(O)CNS(=O)(=O)c1c(Br)cc(N)cc1Br. The Morgan fingerprint density at radius 3 is 2.38 bits per heavy atom. The van der Waals surface area contributed by atoms with Gasteiger partial charge in [-0.05, 0) is 50.9 Å². The van der Waals surface area contributed by atoms with E-state index in [9.17, 15) is 13.5 Å². The van der Waals surface area contributed by atoms with E-state index in [-0.39, 0.29) is 11.4 Å². The third kappa shape index (κ3) is 5.50. The van der Waals surface area contributed by atoms with Crippen molar-refractivity contribution >= 4 is 47.6 Å². The van der Waals surface area contributed by atoms with Crippen molar-refractivity contribution in [2.45, 2.75) is 23.8 Å². The molecule has 0 amide bonds. The lowest BCUT2D eigenvalue weighted by atomic mass is 10.0. The summed E-state index contributed by atoms with van der Waals surface area (Å²) in [7, 11) is -2.28. The van der Waals surface area contributed by atoms with Crippen molar-refractivity contribution in [2.24, 2.45) is 0 Å². The van der Waals surface area contributed by atoms with Crippen LogP contribution in [0.15, 0.2) is 26.0 Å². The smallest absolute Gasteiger partial charge is 0.242 e. The van der Waals surface area contributed by atoms with Crippen LogP contribution in [0.5, 0.6) is 0 Å². The number of halogens is 2. The second kappa shape index (κ2) is 7.38. The first-order chi connectivity index (χ1) is 9.59. The molecule has 1 unspecified atom stereocenters. The Balaban J connectivity index is 2.93. The number of sulfonamides is 1. The molecule has 0 aliphatic rings. The van der Waals surface area contributed by atoms with E-state index in [2.05, 4.69) is 36.6 Å². The molecule has 1 aromatic rings. The van der Waals surface area contributed by atoms with Crippen LogP contribution in [-0.2, 0) is 14.8 Å². The van der Waals surface area contributed by atoms with Crippen molar-refractivity contribution in [1.82, 2.24) is 4.72 Å². The van der Waals surface area contributed by atoms with E-state index in [0.717, 1.165) is 0 Å². The molecule has 0 bridgehead atoms. The third-order valence-electron chi connectivity index (χ3n) is 2.78. The number of hydrogen-bond donors (Lipinski definition) is 3. The second-order valence-electron chi connectivity index (χ2n) is 4.88. The van der Waals surface area contributed by atoms with Crippen LogP contribution in [0.1, 0.15) is 13.3 Å². The largest absolute Gasteiger partial charge is 0.399 e. The zero-order valence-electron chi connectivity index (χ0n) is 11.7. The number of aliphatic hydroxyl groups is 1. The first-order valence-corrected chi connectivity index (χ1v) is 9.11. The lowest BCUT2D eigenvalue weighted by Gasteiger charge is -2.23. The van der Waals surface area contributed by atoms with Crippen molar-refractivity contribution in [2.75, 3.05) is 26.0 Å². The van der Waals surface area contributed by atoms with Gasteiger partial charge in [-0.15, -0.1) is 0 Å². The molecule has 0 fully saturated rings. The van der Waals surface area contributed by atoms with Gasteiger partial charge in [-0.25, -0.2) is 13.1 Å². The van der Waals surface area contributed by atoms with E-state index in [1.54, 1.807) is 6.92 Å². The van der Waals surface area contributed by atoms with Gasteiger partial charge in [0.2, 0.25) is 10.0 Å². The summed E-state index contributed by atoms with van der Waals surface area (Å²) in [5, 5.41) is 10.1. The maximum absolute atomic E-state index is 12.4. The number of hydrogen-bond acceptors (Lipinski definition) is 5. The van der Waals surface area contributed by atoms with E-state index in [1.165, 1.54) is 19.2 Å². The first-order valence-electron chi connectivity index (χ1n) is 6.04. The van der Waals surface area contributed by atoms with Gasteiger partial charge >= 0.3 is 0 Å². The predicted octanol–water partition coefficient (Wildman–Crippen LogP) is 1.86. The predicted molar refractivity (Wildman–Crippen MR) is 88.6 cm³/mol. The van der Waals surface area contributed by atoms with Gasteiger partial charge in [0.05, 0.1) is 5.60 Å². The van der Waals surface area contributed by atoms with E-state index in [0.29, 0.717) is 27.7 Å². The number of anilines is 1. The van der Waals surface area contributed by atoms with Gasteiger partial charge in [-0.3, -0.25) is 0 Å². The number of nitrogen functional groups attached to an aromatic ring is 1. The fraction of sp³-hybridized carbons (Fsp3) is 0.500. The number of benzene rings is 1. The summed E-state index contributed by atoms with van der Waals surface area (Å²) in [5.41, 5.74) is 4.87. The Labute approximate surface area is 141 Å². The summed E-state index contributed by atoms with van der Waals surface area (Å²) in [4.78, 5) is 0.0410. The first kappa shape index (κ1) is 18.9. The fourth-order valence-corrected chi connectivity index (χ4v) is 5.35.